The molecule has 1 aromatic heterocycles. The standard InChI is InChI=1S/C18H31N3O/c1-15-13-20(14-16(2)22-15)11-6-7-17-10-12-21(19-17)18-8-4-3-5-9-18/h10,12,15-16,18H,3-9,11,13-14H2,1-2H3. The number of aryl methyl sites for hydroxylation is 1. The summed E-state index contributed by atoms with van der Waals surface area (Å²) in [6, 6.07) is 2.88. The third kappa shape index (κ3) is 4.32. The molecule has 3 rings (SSSR count). The maximum atomic E-state index is 5.79. The van der Waals surface area contributed by atoms with Crippen molar-refractivity contribution >= 4 is 0 Å². The Kier molecular flexibility index (Phi) is 5.53. The van der Waals surface area contributed by atoms with Gasteiger partial charge in [-0.2, -0.15) is 5.10 Å². The zero-order chi connectivity index (χ0) is 15.4. The number of hydrogen-bond donors (Lipinski definition) is 0. The monoisotopic (exact) mass is 305 g/mol. The van der Waals surface area contributed by atoms with Gasteiger partial charge in [-0.15, -0.1) is 0 Å². The van der Waals surface area contributed by atoms with Gasteiger partial charge in [-0.05, 0) is 52.1 Å². The Balaban J connectivity index is 1.43. The number of aromatic nitrogens is 2. The van der Waals surface area contributed by atoms with Gasteiger partial charge in [0.2, 0.25) is 0 Å². The van der Waals surface area contributed by atoms with Crippen LogP contribution in [0.2, 0.25) is 0 Å². The first kappa shape index (κ1) is 16.0. The van der Waals surface area contributed by atoms with Gasteiger partial charge in [-0.1, -0.05) is 19.3 Å². The summed E-state index contributed by atoms with van der Waals surface area (Å²) in [4.78, 5) is 2.54. The minimum absolute atomic E-state index is 0.370. The Morgan fingerprint density at radius 3 is 2.59 bits per heavy atom. The largest absolute Gasteiger partial charge is 0.373 e. The Morgan fingerprint density at radius 2 is 1.86 bits per heavy atom. The maximum absolute atomic E-state index is 5.79. The van der Waals surface area contributed by atoms with Crippen LogP contribution in [-0.4, -0.2) is 46.5 Å². The van der Waals surface area contributed by atoms with E-state index in [1.54, 1.807) is 0 Å². The van der Waals surface area contributed by atoms with Gasteiger partial charge in [0.15, 0.2) is 0 Å². The molecule has 2 heterocycles. The smallest absolute Gasteiger partial charge is 0.0678 e. The van der Waals surface area contributed by atoms with Crippen LogP contribution in [0, 0.1) is 0 Å². The minimum Gasteiger partial charge on any atom is -0.373 e. The molecule has 1 saturated heterocycles. The van der Waals surface area contributed by atoms with E-state index in [1.807, 2.05) is 0 Å². The quantitative estimate of drug-likeness (QED) is 0.835. The molecule has 0 aromatic carbocycles. The molecule has 1 aliphatic carbocycles. The van der Waals surface area contributed by atoms with E-state index in [1.165, 1.54) is 44.2 Å². The van der Waals surface area contributed by atoms with Crippen LogP contribution in [0.3, 0.4) is 0 Å². The molecule has 2 atom stereocenters. The summed E-state index contributed by atoms with van der Waals surface area (Å²) in [7, 11) is 0. The highest BCUT2D eigenvalue weighted by molar-refractivity contribution is 5.00. The highest BCUT2D eigenvalue weighted by Gasteiger charge is 2.21. The normalized spacial score (nSPS) is 28.1. The van der Waals surface area contributed by atoms with Crippen LogP contribution in [0.4, 0.5) is 0 Å². The van der Waals surface area contributed by atoms with E-state index in [2.05, 4.69) is 35.7 Å². The van der Waals surface area contributed by atoms with Crippen LogP contribution >= 0.6 is 0 Å². The van der Waals surface area contributed by atoms with E-state index < -0.39 is 0 Å². The molecule has 2 aliphatic rings. The molecule has 124 valence electrons. The summed E-state index contributed by atoms with van der Waals surface area (Å²) in [6.07, 6.45) is 12.0. The van der Waals surface area contributed by atoms with Crippen molar-refractivity contribution in [1.29, 1.82) is 0 Å². The van der Waals surface area contributed by atoms with Crippen molar-refractivity contribution in [1.82, 2.24) is 14.7 Å². The van der Waals surface area contributed by atoms with Crippen molar-refractivity contribution in [2.24, 2.45) is 0 Å². The lowest BCUT2D eigenvalue weighted by molar-refractivity contribution is -0.0680. The third-order valence-corrected chi connectivity index (χ3v) is 5.01. The Morgan fingerprint density at radius 1 is 1.14 bits per heavy atom. The van der Waals surface area contributed by atoms with E-state index in [0.717, 1.165) is 26.1 Å². The Bertz CT molecular complexity index is 443. The Labute approximate surface area is 134 Å². The predicted octanol–water partition coefficient (Wildman–Crippen LogP) is 3.43. The molecule has 1 saturated carbocycles. The molecule has 22 heavy (non-hydrogen) atoms. The summed E-state index contributed by atoms with van der Waals surface area (Å²) in [5.74, 6) is 0. The topological polar surface area (TPSA) is 30.3 Å². The van der Waals surface area contributed by atoms with Crippen molar-refractivity contribution in [2.45, 2.75) is 77.0 Å². The molecule has 0 amide bonds. The summed E-state index contributed by atoms with van der Waals surface area (Å²) >= 11 is 0. The molecule has 0 radical (unpaired) electrons. The van der Waals surface area contributed by atoms with E-state index in [-0.39, 0.29) is 0 Å². The first-order valence-electron chi connectivity index (χ1n) is 9.12. The highest BCUT2D eigenvalue weighted by Crippen LogP contribution is 2.27. The zero-order valence-electron chi connectivity index (χ0n) is 14.2. The predicted molar refractivity (Wildman–Crippen MR) is 89.1 cm³/mol. The number of morpholine rings is 1. The van der Waals surface area contributed by atoms with Gasteiger partial charge in [0.25, 0.3) is 0 Å². The van der Waals surface area contributed by atoms with Crippen LogP contribution in [0.1, 0.15) is 64.1 Å². The first-order chi connectivity index (χ1) is 10.7. The molecule has 2 fully saturated rings. The van der Waals surface area contributed by atoms with Crippen LogP contribution < -0.4 is 0 Å². The van der Waals surface area contributed by atoms with Crippen LogP contribution in [0.5, 0.6) is 0 Å². The molecule has 0 spiro atoms. The van der Waals surface area contributed by atoms with Gasteiger partial charge in [-0.25, -0.2) is 0 Å². The molecule has 1 aliphatic heterocycles. The van der Waals surface area contributed by atoms with Gasteiger partial charge < -0.3 is 4.74 Å². The number of hydrogen-bond acceptors (Lipinski definition) is 3. The second-order valence-corrected chi connectivity index (χ2v) is 7.20. The Hall–Kier alpha value is -0.870. The molecule has 4 nitrogen and oxygen atoms in total. The second-order valence-electron chi connectivity index (χ2n) is 7.20. The lowest BCUT2D eigenvalue weighted by Gasteiger charge is -2.35. The number of rotatable bonds is 5. The third-order valence-electron chi connectivity index (χ3n) is 5.01. The summed E-state index contributed by atoms with van der Waals surface area (Å²) in [6.45, 7) is 7.65. The SMILES string of the molecule is CC1CN(CCCc2ccn(C3CCCCC3)n2)CC(C)O1. The maximum Gasteiger partial charge on any atom is 0.0678 e. The van der Waals surface area contributed by atoms with Crippen molar-refractivity contribution in [3.05, 3.63) is 18.0 Å². The van der Waals surface area contributed by atoms with E-state index in [0.29, 0.717) is 18.2 Å². The molecule has 0 bridgehead atoms. The van der Waals surface area contributed by atoms with Crippen molar-refractivity contribution in [2.75, 3.05) is 19.6 Å². The van der Waals surface area contributed by atoms with E-state index in [4.69, 9.17) is 9.84 Å². The molecular weight excluding hydrogens is 274 g/mol. The van der Waals surface area contributed by atoms with Crippen LogP contribution in [-0.2, 0) is 11.2 Å². The van der Waals surface area contributed by atoms with Crippen molar-refractivity contribution in [3.8, 4) is 0 Å². The van der Waals surface area contributed by atoms with Gasteiger partial charge in [-0.3, -0.25) is 9.58 Å². The van der Waals surface area contributed by atoms with Crippen molar-refractivity contribution in [3.63, 3.8) is 0 Å². The average Bonchev–Trinajstić information content (AvgIpc) is 2.96. The summed E-state index contributed by atoms with van der Waals surface area (Å²) in [5.41, 5.74) is 1.26. The van der Waals surface area contributed by atoms with Gasteiger partial charge in [0.05, 0.1) is 23.9 Å². The van der Waals surface area contributed by atoms with Crippen molar-refractivity contribution < 1.29 is 4.74 Å². The number of ether oxygens (including phenoxy) is 1. The highest BCUT2D eigenvalue weighted by atomic mass is 16.5. The molecular formula is C18H31N3O. The minimum atomic E-state index is 0.370. The van der Waals surface area contributed by atoms with Crippen LogP contribution in [0.15, 0.2) is 12.3 Å². The summed E-state index contributed by atoms with van der Waals surface area (Å²) < 4.78 is 8.02. The zero-order valence-corrected chi connectivity index (χ0v) is 14.2. The fourth-order valence-corrected chi connectivity index (χ4v) is 4.01. The molecule has 0 N–H and O–H groups in total. The summed E-state index contributed by atoms with van der Waals surface area (Å²) in [5, 5.41) is 4.82. The lowest BCUT2D eigenvalue weighted by atomic mass is 9.96. The molecule has 2 unspecified atom stereocenters. The van der Waals surface area contributed by atoms with Crippen LogP contribution in [0.25, 0.3) is 0 Å². The first-order valence-corrected chi connectivity index (χ1v) is 9.12. The van der Waals surface area contributed by atoms with E-state index >= 15 is 0 Å². The van der Waals surface area contributed by atoms with Gasteiger partial charge >= 0.3 is 0 Å². The number of nitrogens with zero attached hydrogens (tertiary/aromatic N) is 3. The average molecular weight is 305 g/mol. The van der Waals surface area contributed by atoms with Gasteiger partial charge in [0.1, 0.15) is 0 Å². The van der Waals surface area contributed by atoms with Gasteiger partial charge in [0, 0.05) is 19.3 Å². The second kappa shape index (κ2) is 7.60. The van der Waals surface area contributed by atoms with E-state index in [9.17, 15) is 0 Å². The fraction of sp³-hybridized carbons (Fsp3) is 0.833. The molecule has 4 heteroatoms. The molecule has 1 aromatic rings. The fourth-order valence-electron chi connectivity index (χ4n) is 4.01. The lowest BCUT2D eigenvalue weighted by Crippen LogP contribution is -2.45.